The van der Waals surface area contributed by atoms with E-state index in [0.29, 0.717) is 0 Å². The molecule has 1 heteroatoms. The van der Waals surface area contributed by atoms with Crippen LogP contribution in [0, 0.1) is 20.3 Å². The van der Waals surface area contributed by atoms with Crippen molar-refractivity contribution >= 4 is 23.1 Å². The van der Waals surface area contributed by atoms with Gasteiger partial charge in [0.1, 0.15) is 0 Å². The van der Waals surface area contributed by atoms with E-state index in [1.165, 1.54) is 25.7 Å². The van der Waals surface area contributed by atoms with E-state index < -0.39 is 0 Å². The third-order valence-electron chi connectivity index (χ3n) is 1.47. The van der Waals surface area contributed by atoms with E-state index in [0.717, 1.165) is 5.92 Å². The standard InChI is InChI=1S/C6H11.CH3.Mg/c1-6-4-2-3-5-6;;/h6H,1-5H2;1H3;/q2*-1;+2. The summed E-state index contributed by atoms with van der Waals surface area (Å²) in [6.45, 7) is 3.94. The second-order valence-corrected chi connectivity index (χ2v) is 2.15. The summed E-state index contributed by atoms with van der Waals surface area (Å²) < 4.78 is 0. The van der Waals surface area contributed by atoms with E-state index in [4.69, 9.17) is 0 Å². The van der Waals surface area contributed by atoms with Gasteiger partial charge in [0, 0.05) is 0 Å². The first kappa shape index (κ1) is 11.5. The first-order chi connectivity index (χ1) is 2.89. The summed E-state index contributed by atoms with van der Waals surface area (Å²) in [5.74, 6) is 0.796. The Morgan fingerprint density at radius 3 is 1.62 bits per heavy atom. The van der Waals surface area contributed by atoms with Gasteiger partial charge in [0.15, 0.2) is 0 Å². The fourth-order valence-electron chi connectivity index (χ4n) is 1.01. The van der Waals surface area contributed by atoms with Crippen LogP contribution in [0.2, 0.25) is 0 Å². The molecule has 44 valence electrons. The molecule has 0 amide bonds. The Balaban J connectivity index is 0. The van der Waals surface area contributed by atoms with Crippen molar-refractivity contribution in [3.63, 3.8) is 0 Å². The van der Waals surface area contributed by atoms with Crippen molar-refractivity contribution in [2.75, 3.05) is 0 Å². The molecule has 0 unspecified atom stereocenters. The molecule has 0 bridgehead atoms. The van der Waals surface area contributed by atoms with Crippen molar-refractivity contribution in [1.82, 2.24) is 0 Å². The minimum absolute atomic E-state index is 0. The predicted molar refractivity (Wildman–Crippen MR) is 39.5 cm³/mol. The second kappa shape index (κ2) is 5.89. The summed E-state index contributed by atoms with van der Waals surface area (Å²) in [4.78, 5) is 0. The molecule has 0 aromatic rings. The Kier molecular flexibility index (Phi) is 8.51. The first-order valence-electron chi connectivity index (χ1n) is 2.72. The van der Waals surface area contributed by atoms with Crippen LogP contribution >= 0.6 is 0 Å². The van der Waals surface area contributed by atoms with Crippen molar-refractivity contribution in [1.29, 1.82) is 0 Å². The van der Waals surface area contributed by atoms with Crippen LogP contribution in [0.1, 0.15) is 25.7 Å². The third kappa shape index (κ3) is 3.73. The van der Waals surface area contributed by atoms with Crippen molar-refractivity contribution in [3.8, 4) is 0 Å². The average Bonchev–Trinajstić information content (AvgIpc) is 1.86. The van der Waals surface area contributed by atoms with Crippen molar-refractivity contribution < 1.29 is 0 Å². The van der Waals surface area contributed by atoms with Gasteiger partial charge in [-0.1, -0.05) is 25.7 Å². The number of hydrogen-bond acceptors (Lipinski definition) is 0. The van der Waals surface area contributed by atoms with Crippen molar-refractivity contribution in [2.45, 2.75) is 25.7 Å². The molecule has 1 fully saturated rings. The minimum atomic E-state index is 0. The molecule has 0 aromatic heterocycles. The number of hydrogen-bond donors (Lipinski definition) is 0. The summed E-state index contributed by atoms with van der Waals surface area (Å²) in [6.07, 6.45) is 5.60. The van der Waals surface area contributed by atoms with Gasteiger partial charge in [-0.3, -0.25) is 0 Å². The van der Waals surface area contributed by atoms with Crippen molar-refractivity contribution in [3.05, 3.63) is 14.4 Å². The zero-order valence-corrected chi connectivity index (χ0v) is 7.23. The molecular formula is C7H14Mg. The molecule has 1 saturated carbocycles. The summed E-state index contributed by atoms with van der Waals surface area (Å²) in [7, 11) is 0. The Bertz CT molecular complexity index is 37.7. The van der Waals surface area contributed by atoms with Gasteiger partial charge in [0.2, 0.25) is 0 Å². The molecule has 0 N–H and O–H groups in total. The van der Waals surface area contributed by atoms with Gasteiger partial charge in [-0.15, -0.1) is 0 Å². The summed E-state index contributed by atoms with van der Waals surface area (Å²) in [6, 6.07) is 0. The van der Waals surface area contributed by atoms with Gasteiger partial charge in [-0.2, -0.15) is 5.92 Å². The Morgan fingerprint density at radius 2 is 1.50 bits per heavy atom. The SMILES string of the molecule is [CH2-]C1CCCC1.[CH3-].[Mg+2]. The van der Waals surface area contributed by atoms with Crippen LogP contribution in [0.25, 0.3) is 0 Å². The zero-order chi connectivity index (χ0) is 4.41. The fourth-order valence-corrected chi connectivity index (χ4v) is 1.01. The molecule has 0 radical (unpaired) electrons. The van der Waals surface area contributed by atoms with Crippen LogP contribution < -0.4 is 0 Å². The maximum Gasteiger partial charge on any atom is 2.00 e. The van der Waals surface area contributed by atoms with Crippen LogP contribution in [0.15, 0.2) is 0 Å². The van der Waals surface area contributed by atoms with Crippen molar-refractivity contribution in [2.24, 2.45) is 5.92 Å². The summed E-state index contributed by atoms with van der Waals surface area (Å²) in [5.41, 5.74) is 0. The van der Waals surface area contributed by atoms with Crippen LogP contribution in [-0.2, 0) is 0 Å². The molecule has 1 aliphatic carbocycles. The van der Waals surface area contributed by atoms with Crippen LogP contribution in [-0.4, -0.2) is 23.1 Å². The molecule has 1 rings (SSSR count). The first-order valence-corrected chi connectivity index (χ1v) is 2.72. The monoisotopic (exact) mass is 122 g/mol. The maximum absolute atomic E-state index is 3.94. The molecule has 0 atom stereocenters. The zero-order valence-electron chi connectivity index (χ0n) is 5.82. The molecule has 0 heterocycles. The van der Waals surface area contributed by atoms with Gasteiger partial charge in [0.05, 0.1) is 0 Å². The van der Waals surface area contributed by atoms with E-state index in [9.17, 15) is 0 Å². The molecular weight excluding hydrogens is 108 g/mol. The van der Waals surface area contributed by atoms with Gasteiger partial charge in [-0.25, -0.2) is 0 Å². The van der Waals surface area contributed by atoms with E-state index in [2.05, 4.69) is 6.92 Å². The number of rotatable bonds is 0. The molecule has 0 aromatic carbocycles. The van der Waals surface area contributed by atoms with Gasteiger partial charge in [0.25, 0.3) is 0 Å². The van der Waals surface area contributed by atoms with Crippen LogP contribution in [0.4, 0.5) is 0 Å². The smallest absolute Gasteiger partial charge is 0.358 e. The Morgan fingerprint density at radius 1 is 1.12 bits per heavy atom. The van der Waals surface area contributed by atoms with Gasteiger partial charge >= 0.3 is 23.1 Å². The Hall–Kier alpha value is 0.766. The molecule has 0 spiro atoms. The van der Waals surface area contributed by atoms with E-state index in [1.54, 1.807) is 0 Å². The largest absolute Gasteiger partial charge is 2.00 e. The average molecular weight is 122 g/mol. The third-order valence-corrected chi connectivity index (χ3v) is 1.47. The normalized spacial score (nSPS) is 19.1. The quantitative estimate of drug-likeness (QED) is 0.341. The molecule has 0 saturated heterocycles. The minimum Gasteiger partial charge on any atom is -0.358 e. The fraction of sp³-hybridized carbons (Fsp3) is 0.714. The second-order valence-electron chi connectivity index (χ2n) is 2.15. The Labute approximate surface area is 69.2 Å². The molecule has 1 aliphatic rings. The van der Waals surface area contributed by atoms with E-state index >= 15 is 0 Å². The predicted octanol–water partition coefficient (Wildman–Crippen LogP) is 2.08. The topological polar surface area (TPSA) is 0 Å². The van der Waals surface area contributed by atoms with Crippen LogP contribution in [0.3, 0.4) is 0 Å². The van der Waals surface area contributed by atoms with Gasteiger partial charge < -0.3 is 14.4 Å². The molecule has 0 aliphatic heterocycles. The maximum atomic E-state index is 3.94. The molecule has 0 nitrogen and oxygen atoms in total. The van der Waals surface area contributed by atoms with Crippen LogP contribution in [0.5, 0.6) is 0 Å². The summed E-state index contributed by atoms with van der Waals surface area (Å²) in [5, 5.41) is 0. The molecule has 8 heavy (non-hydrogen) atoms. The van der Waals surface area contributed by atoms with E-state index in [1.807, 2.05) is 0 Å². The van der Waals surface area contributed by atoms with Gasteiger partial charge in [-0.05, 0) is 0 Å². The van der Waals surface area contributed by atoms with E-state index in [-0.39, 0.29) is 30.5 Å². The summed E-state index contributed by atoms with van der Waals surface area (Å²) >= 11 is 0.